The first kappa shape index (κ1) is 28.1. The highest BCUT2D eigenvalue weighted by molar-refractivity contribution is 9.10. The van der Waals surface area contributed by atoms with Crippen LogP contribution in [-0.4, -0.2) is 77.7 Å². The minimum atomic E-state index is -0.879. The van der Waals surface area contributed by atoms with Gasteiger partial charge in [-0.3, -0.25) is 19.9 Å². The fraction of sp³-hybridized carbons (Fsp3) is 0.333. The first-order valence-corrected chi connectivity index (χ1v) is 11.4. The topological polar surface area (TPSA) is 120 Å². The minimum absolute atomic E-state index is 0.154. The third-order valence-electron chi connectivity index (χ3n) is 5.49. The fourth-order valence-electron chi connectivity index (χ4n) is 3.51. The third kappa shape index (κ3) is 7.41. The van der Waals surface area contributed by atoms with Crippen LogP contribution in [0.4, 0.5) is 10.1 Å². The maximum atomic E-state index is 13.7. The van der Waals surface area contributed by atoms with Crippen LogP contribution in [0.3, 0.4) is 0 Å². The van der Waals surface area contributed by atoms with Crippen molar-refractivity contribution in [1.29, 1.82) is 0 Å². The Bertz CT molecular complexity index is 1180. The molecule has 0 amide bonds. The summed E-state index contributed by atoms with van der Waals surface area (Å²) in [6.07, 6.45) is 4.14. The molecule has 1 aromatic heterocycles. The van der Waals surface area contributed by atoms with Gasteiger partial charge < -0.3 is 19.7 Å². The average Bonchev–Trinajstić information content (AvgIpc) is 3.17. The van der Waals surface area contributed by atoms with Gasteiger partial charge in [0.2, 0.25) is 5.82 Å². The van der Waals surface area contributed by atoms with Crippen LogP contribution < -0.4 is 0 Å². The second kappa shape index (κ2) is 12.5. The largest absolute Gasteiger partial charge is 0.508 e. The lowest BCUT2D eigenvalue weighted by molar-refractivity contribution is -0.385. The molecule has 2 unspecified atom stereocenters. The van der Waals surface area contributed by atoms with Gasteiger partial charge >= 0.3 is 5.69 Å². The average molecular weight is 551 g/mol. The van der Waals surface area contributed by atoms with Crippen molar-refractivity contribution in [1.82, 2.24) is 14.8 Å². The number of H-pyrrole nitrogens is 1. The van der Waals surface area contributed by atoms with Crippen LogP contribution in [0, 0.1) is 15.9 Å². The monoisotopic (exact) mass is 550 g/mol. The van der Waals surface area contributed by atoms with E-state index in [9.17, 15) is 29.2 Å². The third-order valence-corrected chi connectivity index (χ3v) is 5.95. The summed E-state index contributed by atoms with van der Waals surface area (Å²) in [4.78, 5) is 38.6. The number of phenolic OH excluding ortho intramolecular Hbond substituents is 1. The molecule has 188 valence electrons. The van der Waals surface area contributed by atoms with Gasteiger partial charge in [-0.2, -0.15) is 4.39 Å². The number of hydrogen-bond acceptors (Lipinski definition) is 7. The summed E-state index contributed by atoms with van der Waals surface area (Å²) < 4.78 is 14.5. The number of hydrogen-bond donors (Lipinski definition) is 2. The van der Waals surface area contributed by atoms with Crippen molar-refractivity contribution in [2.24, 2.45) is 0 Å². The van der Waals surface area contributed by atoms with Gasteiger partial charge in [0.15, 0.2) is 0 Å². The number of phenols is 1. The SMILES string of the molecule is CN(C)C(C=O)Cc1c[nH]c2ccc(F)c([N+](=O)[O-])c12.CN(C)C(C=O)Cc1cc(O)cc(Br)c1. The van der Waals surface area contributed by atoms with Gasteiger partial charge in [0, 0.05) is 10.7 Å². The number of halogens is 2. The lowest BCUT2D eigenvalue weighted by Gasteiger charge is -2.18. The second-order valence-electron chi connectivity index (χ2n) is 8.45. The van der Waals surface area contributed by atoms with Crippen molar-refractivity contribution in [3.63, 3.8) is 0 Å². The Morgan fingerprint density at radius 3 is 2.20 bits per heavy atom. The van der Waals surface area contributed by atoms with E-state index < -0.39 is 22.5 Å². The molecule has 2 atom stereocenters. The molecule has 0 saturated carbocycles. The van der Waals surface area contributed by atoms with Gasteiger partial charge in [0.25, 0.3) is 0 Å². The lowest BCUT2D eigenvalue weighted by atomic mass is 10.0. The van der Waals surface area contributed by atoms with Crippen LogP contribution in [0.1, 0.15) is 11.1 Å². The molecule has 3 rings (SSSR count). The van der Waals surface area contributed by atoms with Crippen molar-refractivity contribution in [3.05, 3.63) is 68.1 Å². The molecular weight excluding hydrogens is 523 g/mol. The van der Waals surface area contributed by atoms with Gasteiger partial charge in [-0.05, 0) is 82.5 Å². The van der Waals surface area contributed by atoms with Crippen LogP contribution in [0.25, 0.3) is 10.9 Å². The van der Waals surface area contributed by atoms with E-state index in [-0.39, 0.29) is 23.6 Å². The molecule has 0 aliphatic heterocycles. The molecule has 0 aliphatic rings. The summed E-state index contributed by atoms with van der Waals surface area (Å²) in [6.45, 7) is 0. The van der Waals surface area contributed by atoms with E-state index in [4.69, 9.17) is 0 Å². The van der Waals surface area contributed by atoms with Crippen molar-refractivity contribution in [3.8, 4) is 5.75 Å². The standard InChI is InChI=1S/C13H14FN3O3.C11H14BrNO2/c1-16(2)9(7-18)5-8-6-15-11-4-3-10(14)13(12(8)11)17(19)20;1-13(2)10(7-14)4-8-3-9(12)6-11(15)5-8/h3-4,6-7,9,15H,5H2,1-2H3;3,5-7,10,15H,4H2,1-2H3. The van der Waals surface area contributed by atoms with Crippen molar-refractivity contribution >= 4 is 45.1 Å². The molecule has 0 spiro atoms. The summed E-state index contributed by atoms with van der Waals surface area (Å²) in [7, 11) is 7.19. The summed E-state index contributed by atoms with van der Waals surface area (Å²) in [6, 6.07) is 7.13. The zero-order valence-corrected chi connectivity index (χ0v) is 21.5. The predicted molar refractivity (Wildman–Crippen MR) is 135 cm³/mol. The number of aromatic amines is 1. The molecule has 11 heteroatoms. The van der Waals surface area contributed by atoms with Gasteiger partial charge in [-0.25, -0.2) is 0 Å². The highest BCUT2D eigenvalue weighted by Gasteiger charge is 2.24. The van der Waals surface area contributed by atoms with Crippen LogP contribution in [-0.2, 0) is 22.4 Å². The van der Waals surface area contributed by atoms with Crippen molar-refractivity contribution < 1.29 is 24.0 Å². The highest BCUT2D eigenvalue weighted by Crippen LogP contribution is 2.32. The van der Waals surface area contributed by atoms with E-state index in [1.54, 1.807) is 37.3 Å². The van der Waals surface area contributed by atoms with Gasteiger partial charge in [0.05, 0.1) is 27.9 Å². The molecule has 35 heavy (non-hydrogen) atoms. The Hall–Kier alpha value is -3.15. The van der Waals surface area contributed by atoms with E-state index in [0.717, 1.165) is 28.7 Å². The number of aromatic hydroxyl groups is 1. The van der Waals surface area contributed by atoms with E-state index in [1.807, 2.05) is 25.1 Å². The summed E-state index contributed by atoms with van der Waals surface area (Å²) in [5, 5.41) is 20.7. The zero-order valence-electron chi connectivity index (χ0n) is 19.9. The lowest BCUT2D eigenvalue weighted by Crippen LogP contribution is -2.31. The summed E-state index contributed by atoms with van der Waals surface area (Å²) >= 11 is 3.30. The Morgan fingerprint density at radius 2 is 1.69 bits per heavy atom. The number of nitro groups is 1. The number of nitro benzene ring substituents is 1. The van der Waals surface area contributed by atoms with E-state index >= 15 is 0 Å². The number of aldehydes is 2. The molecule has 0 bridgehead atoms. The molecule has 0 saturated heterocycles. The van der Waals surface area contributed by atoms with Gasteiger partial charge in [-0.1, -0.05) is 15.9 Å². The predicted octanol–water partition coefficient (Wildman–Crippen LogP) is 3.71. The molecule has 9 nitrogen and oxygen atoms in total. The molecule has 1 heterocycles. The van der Waals surface area contributed by atoms with E-state index in [0.29, 0.717) is 17.5 Å². The first-order valence-electron chi connectivity index (χ1n) is 10.6. The highest BCUT2D eigenvalue weighted by atomic mass is 79.9. The molecular formula is C24H28BrFN4O5. The number of carbonyl (C=O) groups is 2. The maximum Gasteiger partial charge on any atom is 0.314 e. The normalized spacial score (nSPS) is 12.8. The number of carbonyl (C=O) groups excluding carboxylic acids is 2. The van der Waals surface area contributed by atoms with Crippen molar-refractivity contribution in [2.75, 3.05) is 28.2 Å². The van der Waals surface area contributed by atoms with Crippen LogP contribution >= 0.6 is 15.9 Å². The Labute approximate surface area is 210 Å². The van der Waals surface area contributed by atoms with Crippen LogP contribution in [0.5, 0.6) is 5.75 Å². The maximum absolute atomic E-state index is 13.7. The van der Waals surface area contributed by atoms with Crippen LogP contribution in [0.2, 0.25) is 0 Å². The number of likely N-dealkylation sites (N-methyl/N-ethyl adjacent to an activating group) is 2. The smallest absolute Gasteiger partial charge is 0.314 e. The second-order valence-corrected chi connectivity index (χ2v) is 9.37. The number of aromatic nitrogens is 1. The minimum Gasteiger partial charge on any atom is -0.508 e. The summed E-state index contributed by atoms with van der Waals surface area (Å²) in [5.74, 6) is -0.668. The Balaban J connectivity index is 0.000000258. The number of nitrogens with zero attached hydrogens (tertiary/aromatic N) is 3. The Kier molecular flexibility index (Phi) is 10.1. The fourth-order valence-corrected chi connectivity index (χ4v) is 4.04. The van der Waals surface area contributed by atoms with Gasteiger partial charge in [-0.15, -0.1) is 0 Å². The zero-order chi connectivity index (χ0) is 26.3. The van der Waals surface area contributed by atoms with Gasteiger partial charge in [0.1, 0.15) is 18.3 Å². The molecule has 2 N–H and O–H groups in total. The molecule has 3 aromatic rings. The summed E-state index contributed by atoms with van der Waals surface area (Å²) in [5.41, 5.74) is 1.42. The molecule has 2 aromatic carbocycles. The molecule has 0 fully saturated rings. The Morgan fingerprint density at radius 1 is 1.09 bits per heavy atom. The number of rotatable bonds is 9. The van der Waals surface area contributed by atoms with E-state index in [1.165, 1.54) is 6.07 Å². The number of nitrogens with one attached hydrogen (secondary N) is 1. The number of fused-ring (bicyclic) bond motifs is 1. The quantitative estimate of drug-likeness (QED) is 0.236. The molecule has 0 aliphatic carbocycles. The number of benzene rings is 2. The van der Waals surface area contributed by atoms with Crippen molar-refractivity contribution in [2.45, 2.75) is 24.9 Å². The van der Waals surface area contributed by atoms with Crippen LogP contribution in [0.15, 0.2) is 41.0 Å². The first-order chi connectivity index (χ1) is 16.5. The van der Waals surface area contributed by atoms with E-state index in [2.05, 4.69) is 20.9 Å². The molecule has 0 radical (unpaired) electrons.